The van der Waals surface area contributed by atoms with Crippen molar-refractivity contribution in [3.8, 4) is 0 Å². The monoisotopic (exact) mass is 292 g/mol. The van der Waals surface area contributed by atoms with Crippen LogP contribution >= 0.6 is 0 Å². The number of amides is 1. The zero-order chi connectivity index (χ0) is 15.6. The zero-order valence-corrected chi connectivity index (χ0v) is 11.4. The maximum atomic E-state index is 11.6. The molecule has 0 aliphatic rings. The molecule has 0 aliphatic carbocycles. The fourth-order valence-electron chi connectivity index (χ4n) is 2.14. The van der Waals surface area contributed by atoms with Gasteiger partial charge < -0.3 is 25.7 Å². The van der Waals surface area contributed by atoms with E-state index in [1.165, 1.54) is 13.3 Å². The SMILES string of the molecule is COC(=O)c1c[nH]c2ccc(C(O)C(O)CC(N)=O)cc12. The fraction of sp³-hybridized carbons (Fsp3) is 0.286. The molecule has 1 aromatic carbocycles. The molecule has 0 spiro atoms. The molecular formula is C14H16N2O5. The van der Waals surface area contributed by atoms with E-state index in [0.29, 0.717) is 22.0 Å². The Labute approximate surface area is 120 Å². The first-order valence-corrected chi connectivity index (χ1v) is 6.27. The van der Waals surface area contributed by atoms with E-state index in [2.05, 4.69) is 9.72 Å². The van der Waals surface area contributed by atoms with Crippen molar-refractivity contribution in [2.45, 2.75) is 18.6 Å². The standard InChI is InChI=1S/C14H16N2O5/c1-21-14(20)9-6-16-10-3-2-7(4-8(9)10)13(19)11(17)5-12(15)18/h2-4,6,11,13,16-17,19H,5H2,1H3,(H2,15,18). The molecular weight excluding hydrogens is 276 g/mol. The summed E-state index contributed by atoms with van der Waals surface area (Å²) in [5.74, 6) is -1.22. The molecule has 7 nitrogen and oxygen atoms in total. The number of nitrogens with one attached hydrogen (secondary N) is 1. The van der Waals surface area contributed by atoms with E-state index in [1.54, 1.807) is 18.2 Å². The number of carbonyl (C=O) groups excluding carboxylic acids is 2. The number of H-pyrrole nitrogens is 1. The highest BCUT2D eigenvalue weighted by Crippen LogP contribution is 2.26. The summed E-state index contributed by atoms with van der Waals surface area (Å²) >= 11 is 0. The number of aliphatic hydroxyl groups is 2. The lowest BCUT2D eigenvalue weighted by Crippen LogP contribution is -2.25. The van der Waals surface area contributed by atoms with Gasteiger partial charge in [-0.25, -0.2) is 4.79 Å². The highest BCUT2D eigenvalue weighted by molar-refractivity contribution is 6.04. The minimum Gasteiger partial charge on any atom is -0.465 e. The lowest BCUT2D eigenvalue weighted by atomic mass is 9.99. The fourth-order valence-corrected chi connectivity index (χ4v) is 2.14. The summed E-state index contributed by atoms with van der Waals surface area (Å²) in [5.41, 5.74) is 6.38. The summed E-state index contributed by atoms with van der Waals surface area (Å²) in [6.45, 7) is 0. The largest absolute Gasteiger partial charge is 0.465 e. The highest BCUT2D eigenvalue weighted by atomic mass is 16.5. The number of methoxy groups -OCH3 is 1. The number of primary amides is 1. The quantitative estimate of drug-likeness (QED) is 0.587. The lowest BCUT2D eigenvalue weighted by molar-refractivity contribution is -0.121. The summed E-state index contributed by atoms with van der Waals surface area (Å²) in [5, 5.41) is 20.3. The first-order valence-electron chi connectivity index (χ1n) is 6.27. The number of ether oxygens (including phenoxy) is 1. The Morgan fingerprint density at radius 1 is 1.38 bits per heavy atom. The molecule has 2 unspecified atom stereocenters. The van der Waals surface area contributed by atoms with Crippen LogP contribution in [0.1, 0.15) is 28.4 Å². The van der Waals surface area contributed by atoms with Crippen LogP contribution in [-0.2, 0) is 9.53 Å². The number of hydrogen-bond acceptors (Lipinski definition) is 5. The molecule has 2 rings (SSSR count). The number of aromatic nitrogens is 1. The van der Waals surface area contributed by atoms with Crippen molar-refractivity contribution < 1.29 is 24.5 Å². The van der Waals surface area contributed by atoms with Crippen LogP contribution < -0.4 is 5.73 Å². The number of hydrogen-bond donors (Lipinski definition) is 4. The molecule has 0 aliphatic heterocycles. The van der Waals surface area contributed by atoms with E-state index in [9.17, 15) is 19.8 Å². The molecule has 1 amide bonds. The molecule has 2 atom stereocenters. The molecule has 0 bridgehead atoms. The summed E-state index contributed by atoms with van der Waals surface area (Å²) in [7, 11) is 1.27. The Bertz CT molecular complexity index is 679. The summed E-state index contributed by atoms with van der Waals surface area (Å²) in [4.78, 5) is 25.3. The van der Waals surface area contributed by atoms with Crippen molar-refractivity contribution in [2.75, 3.05) is 7.11 Å². The van der Waals surface area contributed by atoms with E-state index in [4.69, 9.17) is 5.73 Å². The van der Waals surface area contributed by atoms with Gasteiger partial charge in [-0.05, 0) is 17.7 Å². The van der Waals surface area contributed by atoms with Crippen LogP contribution in [0.3, 0.4) is 0 Å². The summed E-state index contributed by atoms with van der Waals surface area (Å²) in [6.07, 6.45) is -1.43. The predicted octanol–water partition coefficient (Wildman–Crippen LogP) is 0.224. The third kappa shape index (κ3) is 3.04. The number of rotatable bonds is 5. The van der Waals surface area contributed by atoms with Crippen molar-refractivity contribution >= 4 is 22.8 Å². The topological polar surface area (TPSA) is 126 Å². The van der Waals surface area contributed by atoms with E-state index >= 15 is 0 Å². The third-order valence-corrected chi connectivity index (χ3v) is 3.23. The number of benzene rings is 1. The van der Waals surface area contributed by atoms with Crippen molar-refractivity contribution in [2.24, 2.45) is 5.73 Å². The molecule has 112 valence electrons. The normalized spacial score (nSPS) is 13.9. The van der Waals surface area contributed by atoms with Gasteiger partial charge in [-0.15, -0.1) is 0 Å². The van der Waals surface area contributed by atoms with Gasteiger partial charge in [0.15, 0.2) is 0 Å². The van der Waals surface area contributed by atoms with Crippen LogP contribution in [0.4, 0.5) is 0 Å². The molecule has 1 aromatic heterocycles. The zero-order valence-electron chi connectivity index (χ0n) is 11.4. The second-order valence-electron chi connectivity index (χ2n) is 4.68. The van der Waals surface area contributed by atoms with Crippen molar-refractivity contribution in [1.29, 1.82) is 0 Å². The Kier molecular flexibility index (Phi) is 4.25. The molecule has 0 saturated heterocycles. The van der Waals surface area contributed by atoms with Crippen molar-refractivity contribution in [1.82, 2.24) is 4.98 Å². The molecule has 0 fully saturated rings. The van der Waals surface area contributed by atoms with Gasteiger partial charge in [0.25, 0.3) is 0 Å². The van der Waals surface area contributed by atoms with Gasteiger partial charge in [0, 0.05) is 17.1 Å². The first kappa shape index (κ1) is 15.0. The molecule has 5 N–H and O–H groups in total. The summed E-state index contributed by atoms with van der Waals surface area (Å²) in [6, 6.07) is 4.82. The average Bonchev–Trinajstić information content (AvgIpc) is 2.87. The second-order valence-corrected chi connectivity index (χ2v) is 4.68. The Balaban J connectivity index is 2.37. The first-order chi connectivity index (χ1) is 9.93. The van der Waals surface area contributed by atoms with Gasteiger partial charge in [0.1, 0.15) is 6.10 Å². The van der Waals surface area contributed by atoms with E-state index in [1.807, 2.05) is 0 Å². The van der Waals surface area contributed by atoms with Crippen molar-refractivity contribution in [3.05, 3.63) is 35.5 Å². The molecule has 2 aromatic rings. The van der Waals surface area contributed by atoms with Crippen LogP contribution in [0.25, 0.3) is 10.9 Å². The number of carbonyl (C=O) groups is 2. The van der Waals surface area contributed by atoms with Gasteiger partial charge in [-0.1, -0.05) is 6.07 Å². The number of aromatic amines is 1. The smallest absolute Gasteiger partial charge is 0.340 e. The minimum absolute atomic E-state index is 0.325. The van der Waals surface area contributed by atoms with Gasteiger partial charge >= 0.3 is 5.97 Å². The predicted molar refractivity (Wildman–Crippen MR) is 74.4 cm³/mol. The number of fused-ring (bicyclic) bond motifs is 1. The maximum Gasteiger partial charge on any atom is 0.340 e. The third-order valence-electron chi connectivity index (χ3n) is 3.23. The molecule has 0 radical (unpaired) electrons. The van der Waals surface area contributed by atoms with Crippen LogP contribution in [0, 0.1) is 0 Å². The van der Waals surface area contributed by atoms with Crippen LogP contribution in [0.2, 0.25) is 0 Å². The van der Waals surface area contributed by atoms with Gasteiger partial charge in [0.05, 0.1) is 25.2 Å². The average molecular weight is 292 g/mol. The number of esters is 1. The summed E-state index contributed by atoms with van der Waals surface area (Å²) < 4.78 is 4.67. The molecule has 1 heterocycles. The molecule has 7 heteroatoms. The van der Waals surface area contributed by atoms with Gasteiger partial charge in [-0.2, -0.15) is 0 Å². The molecule has 21 heavy (non-hydrogen) atoms. The van der Waals surface area contributed by atoms with E-state index in [-0.39, 0.29) is 6.42 Å². The minimum atomic E-state index is -1.31. The maximum absolute atomic E-state index is 11.6. The number of aliphatic hydroxyl groups excluding tert-OH is 2. The van der Waals surface area contributed by atoms with Crippen molar-refractivity contribution in [3.63, 3.8) is 0 Å². The Hall–Kier alpha value is -2.38. The highest BCUT2D eigenvalue weighted by Gasteiger charge is 2.22. The van der Waals surface area contributed by atoms with Crippen LogP contribution in [0.15, 0.2) is 24.4 Å². The lowest BCUT2D eigenvalue weighted by Gasteiger charge is -2.17. The van der Waals surface area contributed by atoms with Gasteiger partial charge in [0.2, 0.25) is 5.91 Å². The second kappa shape index (κ2) is 5.94. The Morgan fingerprint density at radius 3 is 2.71 bits per heavy atom. The Morgan fingerprint density at radius 2 is 2.10 bits per heavy atom. The van der Waals surface area contributed by atoms with Gasteiger partial charge in [-0.3, -0.25) is 4.79 Å². The van der Waals surface area contributed by atoms with E-state index in [0.717, 1.165) is 0 Å². The molecule has 0 saturated carbocycles. The van der Waals surface area contributed by atoms with E-state index < -0.39 is 24.1 Å². The number of nitrogens with two attached hydrogens (primary N) is 1. The van der Waals surface area contributed by atoms with Crippen LogP contribution in [-0.4, -0.2) is 40.3 Å². The van der Waals surface area contributed by atoms with Crippen LogP contribution in [0.5, 0.6) is 0 Å².